The summed E-state index contributed by atoms with van der Waals surface area (Å²) >= 11 is 6.92. The Bertz CT molecular complexity index is 921. The van der Waals surface area contributed by atoms with Gasteiger partial charge in [0.2, 0.25) is 0 Å². The lowest BCUT2D eigenvalue weighted by Gasteiger charge is -2.58. The quantitative estimate of drug-likeness (QED) is 0.462. The van der Waals surface area contributed by atoms with Crippen LogP contribution in [0.1, 0.15) is 86.0 Å². The maximum atomic E-state index is 12.9. The van der Waals surface area contributed by atoms with Crippen LogP contribution in [-0.4, -0.2) is 29.4 Å². The Morgan fingerprint density at radius 3 is 2.36 bits per heavy atom. The van der Waals surface area contributed by atoms with E-state index >= 15 is 0 Å². The zero-order chi connectivity index (χ0) is 24.2. The summed E-state index contributed by atoms with van der Waals surface area (Å²) in [6.07, 6.45) is 10.2. The second kappa shape index (κ2) is 8.55. The van der Waals surface area contributed by atoms with E-state index in [0.717, 1.165) is 49.1 Å². The standard InChI is InChI=1S/C27H37ClO5/c1-6-7-24(31)32-18-8-11-25(4)20-9-12-26(5)21(19(20)15-23(28)22(25)14-18)10-13-27(26,16(2)29)33-17(3)30/h14-15,18-21H,6-13H2,1-5H3/t18-,19+,20-,21+,25-,26+,27-/m0/s1. The van der Waals surface area contributed by atoms with Crippen LogP contribution in [0.15, 0.2) is 22.8 Å². The van der Waals surface area contributed by atoms with E-state index < -0.39 is 11.0 Å². The van der Waals surface area contributed by atoms with Crippen LogP contribution in [0.2, 0.25) is 0 Å². The topological polar surface area (TPSA) is 69.7 Å². The molecule has 0 radical (unpaired) electrons. The van der Waals surface area contributed by atoms with Gasteiger partial charge >= 0.3 is 11.9 Å². The van der Waals surface area contributed by atoms with E-state index in [9.17, 15) is 14.4 Å². The van der Waals surface area contributed by atoms with E-state index in [4.69, 9.17) is 21.1 Å². The molecule has 0 amide bonds. The summed E-state index contributed by atoms with van der Waals surface area (Å²) in [5.74, 6) is 0.271. The Balaban J connectivity index is 1.68. The highest BCUT2D eigenvalue weighted by Crippen LogP contribution is 2.68. The molecular formula is C27H37ClO5. The van der Waals surface area contributed by atoms with Gasteiger partial charge in [0.25, 0.3) is 0 Å². The number of hydrogen-bond acceptors (Lipinski definition) is 5. The Hall–Kier alpha value is -1.62. The third kappa shape index (κ3) is 3.69. The van der Waals surface area contributed by atoms with Crippen molar-refractivity contribution >= 4 is 29.3 Å². The first-order chi connectivity index (χ1) is 15.5. The molecule has 6 heteroatoms. The second-order valence-electron chi connectivity index (χ2n) is 11.1. The van der Waals surface area contributed by atoms with Gasteiger partial charge in [-0.2, -0.15) is 0 Å². The van der Waals surface area contributed by atoms with Crippen molar-refractivity contribution in [3.05, 3.63) is 22.8 Å². The minimum Gasteiger partial charge on any atom is -0.458 e. The monoisotopic (exact) mass is 476 g/mol. The van der Waals surface area contributed by atoms with Crippen molar-refractivity contribution in [2.75, 3.05) is 0 Å². The van der Waals surface area contributed by atoms with Crippen LogP contribution in [0.25, 0.3) is 0 Å². The number of ether oxygens (including phenoxy) is 2. The molecule has 7 atom stereocenters. The highest BCUT2D eigenvalue weighted by atomic mass is 35.5. The van der Waals surface area contributed by atoms with Crippen molar-refractivity contribution in [2.24, 2.45) is 28.6 Å². The minimum atomic E-state index is -1.04. The summed E-state index contributed by atoms with van der Waals surface area (Å²) < 4.78 is 11.5. The van der Waals surface area contributed by atoms with Gasteiger partial charge in [-0.3, -0.25) is 14.4 Å². The molecule has 182 valence electrons. The van der Waals surface area contributed by atoms with E-state index in [1.807, 2.05) is 6.92 Å². The van der Waals surface area contributed by atoms with E-state index in [2.05, 4.69) is 26.0 Å². The second-order valence-corrected chi connectivity index (χ2v) is 11.5. The lowest BCUT2D eigenvalue weighted by Crippen LogP contribution is -2.58. The summed E-state index contributed by atoms with van der Waals surface area (Å²) in [5.41, 5.74) is -0.430. The highest BCUT2D eigenvalue weighted by Gasteiger charge is 2.67. The molecule has 33 heavy (non-hydrogen) atoms. The number of allylic oxidation sites excluding steroid dienone is 3. The van der Waals surface area contributed by atoms with Crippen molar-refractivity contribution in [3.63, 3.8) is 0 Å². The Morgan fingerprint density at radius 1 is 1.03 bits per heavy atom. The van der Waals surface area contributed by atoms with Gasteiger partial charge in [-0.05, 0) is 86.7 Å². The van der Waals surface area contributed by atoms with Crippen molar-refractivity contribution in [1.82, 2.24) is 0 Å². The van der Waals surface area contributed by atoms with Gasteiger partial charge in [-0.25, -0.2) is 0 Å². The van der Waals surface area contributed by atoms with Crippen LogP contribution in [0, 0.1) is 28.6 Å². The Morgan fingerprint density at radius 2 is 1.73 bits per heavy atom. The Labute approximate surface area is 202 Å². The molecule has 0 aliphatic heterocycles. The lowest BCUT2D eigenvalue weighted by atomic mass is 9.48. The molecule has 4 aliphatic rings. The van der Waals surface area contributed by atoms with Crippen LogP contribution in [0.4, 0.5) is 0 Å². The molecule has 2 fully saturated rings. The molecular weight excluding hydrogens is 440 g/mol. The number of fused-ring (bicyclic) bond motifs is 5. The van der Waals surface area contributed by atoms with Gasteiger partial charge in [0, 0.05) is 23.8 Å². The van der Waals surface area contributed by atoms with E-state index in [1.54, 1.807) is 6.92 Å². The zero-order valence-electron chi connectivity index (χ0n) is 20.5. The van der Waals surface area contributed by atoms with Gasteiger partial charge in [0.05, 0.1) is 0 Å². The first kappa shape index (κ1) is 24.5. The van der Waals surface area contributed by atoms with Gasteiger partial charge in [-0.1, -0.05) is 38.4 Å². The van der Waals surface area contributed by atoms with Crippen LogP contribution in [0.5, 0.6) is 0 Å². The fraction of sp³-hybridized carbons (Fsp3) is 0.741. The molecule has 0 aromatic rings. The SMILES string of the molecule is CCCC(=O)O[C@@H]1C=C2C(Cl)=C[C@H]3[C@H]4CC[C@](OC(C)=O)(C(C)=O)[C@]4(C)CC[C@@H]3[C@]2(C)CC1. The van der Waals surface area contributed by atoms with E-state index in [0.29, 0.717) is 18.8 Å². The summed E-state index contributed by atoms with van der Waals surface area (Å²) in [7, 11) is 0. The van der Waals surface area contributed by atoms with Gasteiger partial charge in [0.1, 0.15) is 6.10 Å². The average Bonchev–Trinajstić information content (AvgIpc) is 3.02. The van der Waals surface area contributed by atoms with E-state index in [1.165, 1.54) is 6.92 Å². The number of carbonyl (C=O) groups excluding carboxylic acids is 3. The molecule has 0 saturated heterocycles. The number of halogens is 1. The molecule has 2 saturated carbocycles. The molecule has 0 aromatic carbocycles. The van der Waals surface area contributed by atoms with Crippen LogP contribution >= 0.6 is 11.6 Å². The summed E-state index contributed by atoms with van der Waals surface area (Å²) in [5, 5.41) is 0.743. The first-order valence-corrected chi connectivity index (χ1v) is 12.9. The summed E-state index contributed by atoms with van der Waals surface area (Å²) in [6, 6.07) is 0. The smallest absolute Gasteiger partial charge is 0.306 e. The van der Waals surface area contributed by atoms with Gasteiger partial charge < -0.3 is 9.47 Å². The van der Waals surface area contributed by atoms with Crippen molar-refractivity contribution in [3.8, 4) is 0 Å². The van der Waals surface area contributed by atoms with Crippen molar-refractivity contribution < 1.29 is 23.9 Å². The average molecular weight is 477 g/mol. The van der Waals surface area contributed by atoms with Crippen LogP contribution in [0.3, 0.4) is 0 Å². The van der Waals surface area contributed by atoms with Gasteiger partial charge in [0.15, 0.2) is 11.4 Å². The molecule has 0 spiro atoms. The molecule has 0 heterocycles. The first-order valence-electron chi connectivity index (χ1n) is 12.5. The van der Waals surface area contributed by atoms with Crippen molar-refractivity contribution in [1.29, 1.82) is 0 Å². The fourth-order valence-corrected chi connectivity index (χ4v) is 8.22. The van der Waals surface area contributed by atoms with E-state index in [-0.39, 0.29) is 41.1 Å². The minimum absolute atomic E-state index is 0.0479. The third-order valence-corrected chi connectivity index (χ3v) is 9.74. The normalized spacial score (nSPS) is 41.6. The number of Topliss-reactive ketones (excluding diaryl/α,β-unsaturated/α-hetero) is 1. The van der Waals surface area contributed by atoms with Crippen molar-refractivity contribution in [2.45, 2.75) is 97.7 Å². The molecule has 4 aliphatic carbocycles. The molecule has 0 bridgehead atoms. The molecule has 4 rings (SSSR count). The summed E-state index contributed by atoms with van der Waals surface area (Å²) in [4.78, 5) is 36.9. The zero-order valence-corrected chi connectivity index (χ0v) is 21.3. The predicted molar refractivity (Wildman–Crippen MR) is 126 cm³/mol. The third-order valence-electron chi connectivity index (χ3n) is 9.41. The number of carbonyl (C=O) groups is 3. The molecule has 0 N–H and O–H groups in total. The number of hydrogen-bond donors (Lipinski definition) is 0. The number of rotatable bonds is 5. The Kier molecular flexibility index (Phi) is 6.35. The van der Waals surface area contributed by atoms with Gasteiger partial charge in [-0.15, -0.1) is 0 Å². The van der Waals surface area contributed by atoms with Crippen LogP contribution in [-0.2, 0) is 23.9 Å². The number of ketones is 1. The maximum Gasteiger partial charge on any atom is 0.306 e. The maximum absolute atomic E-state index is 12.9. The lowest BCUT2D eigenvalue weighted by molar-refractivity contribution is -0.185. The van der Waals surface area contributed by atoms with Crippen LogP contribution < -0.4 is 0 Å². The molecule has 0 aromatic heterocycles. The largest absolute Gasteiger partial charge is 0.458 e. The number of esters is 2. The predicted octanol–water partition coefficient (Wildman–Crippen LogP) is 5.89. The fourth-order valence-electron chi connectivity index (χ4n) is 7.79. The molecule has 5 nitrogen and oxygen atoms in total. The summed E-state index contributed by atoms with van der Waals surface area (Å²) in [6.45, 7) is 9.38. The highest BCUT2D eigenvalue weighted by molar-refractivity contribution is 6.32. The molecule has 0 unspecified atom stereocenters.